The number of ether oxygens (including phenoxy) is 1. The predicted molar refractivity (Wildman–Crippen MR) is 65.4 cm³/mol. The molecule has 2 atom stereocenters. The lowest BCUT2D eigenvalue weighted by Crippen LogP contribution is -2.34. The highest BCUT2D eigenvalue weighted by molar-refractivity contribution is 8.06. The van der Waals surface area contributed by atoms with Crippen LogP contribution >= 0.6 is 23.5 Å². The fraction of sp³-hybridized carbons (Fsp3) is 1.00. The average Bonchev–Trinajstić information content (AvgIpc) is 2.72. The molecule has 2 aliphatic heterocycles. The molecule has 2 fully saturated rings. The Labute approximate surface area is 94.9 Å². The van der Waals surface area contributed by atoms with Crippen LogP contribution in [0.3, 0.4) is 0 Å². The summed E-state index contributed by atoms with van der Waals surface area (Å²) >= 11 is 4.22. The third kappa shape index (κ3) is 3.65. The zero-order chi connectivity index (χ0) is 9.64. The minimum absolute atomic E-state index is 0.497. The van der Waals surface area contributed by atoms with Crippen molar-refractivity contribution in [3.8, 4) is 0 Å². The van der Waals surface area contributed by atoms with E-state index in [1.807, 2.05) is 0 Å². The monoisotopic (exact) mass is 233 g/mol. The summed E-state index contributed by atoms with van der Waals surface area (Å²) in [5, 5.41) is 4.37. The van der Waals surface area contributed by atoms with Crippen LogP contribution in [0.15, 0.2) is 0 Å². The van der Waals surface area contributed by atoms with E-state index in [4.69, 9.17) is 4.74 Å². The molecule has 82 valence electrons. The Morgan fingerprint density at radius 2 is 2.29 bits per heavy atom. The van der Waals surface area contributed by atoms with E-state index in [9.17, 15) is 0 Å². The van der Waals surface area contributed by atoms with Gasteiger partial charge in [-0.3, -0.25) is 0 Å². The SMILES string of the molecule is C1COC(CNCC2CSCCS2)C1. The summed E-state index contributed by atoms with van der Waals surface area (Å²) in [5.74, 6) is 3.99. The molecule has 0 aliphatic carbocycles. The maximum atomic E-state index is 5.57. The Morgan fingerprint density at radius 1 is 1.29 bits per heavy atom. The Morgan fingerprint density at radius 3 is 3.00 bits per heavy atom. The minimum atomic E-state index is 0.497. The maximum absolute atomic E-state index is 5.57. The van der Waals surface area contributed by atoms with Crippen molar-refractivity contribution in [2.45, 2.75) is 24.2 Å². The van der Waals surface area contributed by atoms with Crippen LogP contribution in [0.5, 0.6) is 0 Å². The van der Waals surface area contributed by atoms with Crippen LogP contribution in [0.4, 0.5) is 0 Å². The second-order valence-corrected chi connectivity index (χ2v) is 6.42. The zero-order valence-corrected chi connectivity index (χ0v) is 10.2. The molecule has 0 aromatic heterocycles. The van der Waals surface area contributed by atoms with E-state index in [0.29, 0.717) is 6.10 Å². The number of thioether (sulfide) groups is 2. The van der Waals surface area contributed by atoms with Crippen molar-refractivity contribution in [3.05, 3.63) is 0 Å². The van der Waals surface area contributed by atoms with E-state index >= 15 is 0 Å². The molecule has 0 aromatic rings. The van der Waals surface area contributed by atoms with Gasteiger partial charge in [-0.25, -0.2) is 0 Å². The van der Waals surface area contributed by atoms with Gasteiger partial charge in [-0.2, -0.15) is 23.5 Å². The van der Waals surface area contributed by atoms with Crippen molar-refractivity contribution in [3.63, 3.8) is 0 Å². The molecule has 2 saturated heterocycles. The van der Waals surface area contributed by atoms with Gasteiger partial charge in [0.1, 0.15) is 0 Å². The Bertz CT molecular complexity index is 156. The second kappa shape index (κ2) is 6.26. The lowest BCUT2D eigenvalue weighted by Gasteiger charge is -2.22. The van der Waals surface area contributed by atoms with Crippen LogP contribution in [-0.4, -0.2) is 48.3 Å². The van der Waals surface area contributed by atoms with Crippen LogP contribution in [0.2, 0.25) is 0 Å². The first-order valence-corrected chi connectivity index (χ1v) is 7.67. The average molecular weight is 233 g/mol. The standard InChI is InChI=1S/C10H19NOS2/c1-2-9(12-3-1)6-11-7-10-8-13-4-5-14-10/h9-11H,1-8H2. The normalized spacial score (nSPS) is 33.4. The molecule has 2 unspecified atom stereocenters. The van der Waals surface area contributed by atoms with Crippen LogP contribution < -0.4 is 5.32 Å². The summed E-state index contributed by atoms with van der Waals surface area (Å²) in [6, 6.07) is 0. The van der Waals surface area contributed by atoms with Crippen LogP contribution in [0, 0.1) is 0 Å². The molecule has 2 nitrogen and oxygen atoms in total. The quantitative estimate of drug-likeness (QED) is 0.796. The summed E-state index contributed by atoms with van der Waals surface area (Å²) in [6.45, 7) is 3.19. The first-order chi connectivity index (χ1) is 6.95. The molecular formula is C10H19NOS2. The molecular weight excluding hydrogens is 214 g/mol. The van der Waals surface area contributed by atoms with Crippen LogP contribution in [0.1, 0.15) is 12.8 Å². The van der Waals surface area contributed by atoms with Crippen molar-refractivity contribution in [1.82, 2.24) is 5.32 Å². The summed E-state index contributed by atoms with van der Waals surface area (Å²) in [4.78, 5) is 0. The van der Waals surface area contributed by atoms with Crippen molar-refractivity contribution in [2.24, 2.45) is 0 Å². The van der Waals surface area contributed by atoms with Crippen LogP contribution in [-0.2, 0) is 4.74 Å². The molecule has 2 rings (SSSR count). The summed E-state index contributed by atoms with van der Waals surface area (Å²) in [5.41, 5.74) is 0. The number of hydrogen-bond donors (Lipinski definition) is 1. The largest absolute Gasteiger partial charge is 0.377 e. The van der Waals surface area contributed by atoms with Gasteiger partial charge in [0.15, 0.2) is 0 Å². The smallest absolute Gasteiger partial charge is 0.0700 e. The summed E-state index contributed by atoms with van der Waals surface area (Å²) in [7, 11) is 0. The van der Waals surface area contributed by atoms with Gasteiger partial charge < -0.3 is 10.1 Å². The lowest BCUT2D eigenvalue weighted by atomic mass is 10.2. The highest BCUT2D eigenvalue weighted by Gasteiger charge is 2.17. The van der Waals surface area contributed by atoms with Gasteiger partial charge in [0.25, 0.3) is 0 Å². The fourth-order valence-electron chi connectivity index (χ4n) is 1.87. The molecule has 0 bridgehead atoms. The van der Waals surface area contributed by atoms with Gasteiger partial charge >= 0.3 is 0 Å². The third-order valence-corrected chi connectivity index (χ3v) is 5.50. The molecule has 1 N–H and O–H groups in total. The molecule has 14 heavy (non-hydrogen) atoms. The van der Waals surface area contributed by atoms with Gasteiger partial charge in [-0.05, 0) is 12.8 Å². The Balaban J connectivity index is 1.52. The van der Waals surface area contributed by atoms with Gasteiger partial charge in [0, 0.05) is 42.2 Å². The van der Waals surface area contributed by atoms with E-state index in [2.05, 4.69) is 28.8 Å². The van der Waals surface area contributed by atoms with E-state index in [0.717, 1.165) is 24.9 Å². The summed E-state index contributed by atoms with van der Waals surface area (Å²) < 4.78 is 5.57. The van der Waals surface area contributed by atoms with E-state index in [-0.39, 0.29) is 0 Å². The zero-order valence-electron chi connectivity index (χ0n) is 8.54. The number of rotatable bonds is 4. The topological polar surface area (TPSA) is 21.3 Å². The Kier molecular flexibility index (Phi) is 4.97. The Hall–Kier alpha value is 0.620. The number of nitrogens with one attached hydrogen (secondary N) is 1. The van der Waals surface area contributed by atoms with Gasteiger partial charge in [0.2, 0.25) is 0 Å². The first-order valence-electron chi connectivity index (χ1n) is 5.47. The first kappa shape index (κ1) is 11.1. The van der Waals surface area contributed by atoms with Crippen LogP contribution in [0.25, 0.3) is 0 Å². The molecule has 2 aliphatic rings. The van der Waals surface area contributed by atoms with Gasteiger partial charge in [-0.15, -0.1) is 0 Å². The van der Waals surface area contributed by atoms with E-state index < -0.39 is 0 Å². The van der Waals surface area contributed by atoms with Crippen molar-refractivity contribution in [1.29, 1.82) is 0 Å². The molecule has 0 saturated carbocycles. The van der Waals surface area contributed by atoms with E-state index in [1.54, 1.807) is 0 Å². The molecule has 0 spiro atoms. The molecule has 0 amide bonds. The molecule has 0 aromatic carbocycles. The van der Waals surface area contributed by atoms with Crippen molar-refractivity contribution >= 4 is 23.5 Å². The van der Waals surface area contributed by atoms with Crippen molar-refractivity contribution < 1.29 is 4.74 Å². The number of hydrogen-bond acceptors (Lipinski definition) is 4. The molecule has 0 radical (unpaired) electrons. The summed E-state index contributed by atoms with van der Waals surface area (Å²) in [6.07, 6.45) is 3.00. The third-order valence-electron chi connectivity index (χ3n) is 2.65. The van der Waals surface area contributed by atoms with Gasteiger partial charge in [0.05, 0.1) is 6.10 Å². The lowest BCUT2D eigenvalue weighted by molar-refractivity contribution is 0.110. The van der Waals surface area contributed by atoms with E-state index in [1.165, 1.54) is 30.1 Å². The van der Waals surface area contributed by atoms with Gasteiger partial charge in [-0.1, -0.05) is 0 Å². The minimum Gasteiger partial charge on any atom is -0.377 e. The molecule has 2 heterocycles. The fourth-order valence-corrected chi connectivity index (χ4v) is 4.51. The highest BCUT2D eigenvalue weighted by atomic mass is 32.2. The predicted octanol–water partition coefficient (Wildman–Crippen LogP) is 1.60. The second-order valence-electron chi connectivity index (χ2n) is 3.86. The van der Waals surface area contributed by atoms with Crippen molar-refractivity contribution in [2.75, 3.05) is 37.0 Å². The highest BCUT2D eigenvalue weighted by Crippen LogP contribution is 2.23. The maximum Gasteiger partial charge on any atom is 0.0700 e. The molecule has 4 heteroatoms.